The zero-order chi connectivity index (χ0) is 12.8. The number of nitrogens with two attached hydrogens (primary N) is 1. The van der Waals surface area contributed by atoms with Crippen LogP contribution < -0.4 is 5.73 Å². The molecule has 1 heterocycles. The molecule has 17 heavy (non-hydrogen) atoms. The fourth-order valence-corrected chi connectivity index (χ4v) is 3.41. The Kier molecular flexibility index (Phi) is 2.44. The summed E-state index contributed by atoms with van der Waals surface area (Å²) in [6.07, 6.45) is 1.17. The number of phenols is 1. The van der Waals surface area contributed by atoms with Crippen LogP contribution in [0.1, 0.15) is 5.56 Å². The maximum Gasteiger partial charge on any atom is 0.325 e. The Bertz CT molecular complexity index is 632. The van der Waals surface area contributed by atoms with E-state index in [4.69, 9.17) is 10.8 Å². The zero-order valence-corrected chi connectivity index (χ0v) is 9.31. The number of rotatable bonds is 2. The van der Waals surface area contributed by atoms with Gasteiger partial charge in [0.05, 0.1) is 4.91 Å². The predicted molar refractivity (Wildman–Crippen MR) is 58.9 cm³/mol. The van der Waals surface area contributed by atoms with Gasteiger partial charge >= 0.3 is 5.97 Å². The maximum absolute atomic E-state index is 12.0. The molecule has 6 nitrogen and oxygen atoms in total. The quantitative estimate of drug-likeness (QED) is 0.681. The Labute approximate surface area is 96.9 Å². The lowest BCUT2D eigenvalue weighted by Crippen LogP contribution is -2.34. The summed E-state index contributed by atoms with van der Waals surface area (Å²) in [4.78, 5) is 10.0. The molecule has 1 atom stereocenters. The Morgan fingerprint density at radius 2 is 2.00 bits per heavy atom. The van der Waals surface area contributed by atoms with E-state index in [-0.39, 0.29) is 10.5 Å². The number of carboxylic acid groups (broad SMARTS) is 1. The molecule has 0 saturated heterocycles. The molecule has 0 radical (unpaired) electrons. The van der Waals surface area contributed by atoms with E-state index in [1.54, 1.807) is 0 Å². The molecule has 1 aliphatic heterocycles. The van der Waals surface area contributed by atoms with Crippen molar-refractivity contribution >= 4 is 21.9 Å². The van der Waals surface area contributed by atoms with E-state index in [9.17, 15) is 18.3 Å². The van der Waals surface area contributed by atoms with E-state index in [1.165, 1.54) is 24.3 Å². The van der Waals surface area contributed by atoms with E-state index in [0.717, 1.165) is 0 Å². The molecule has 0 aliphatic carbocycles. The topological polar surface area (TPSA) is 118 Å². The van der Waals surface area contributed by atoms with Gasteiger partial charge in [0.25, 0.3) is 0 Å². The summed E-state index contributed by atoms with van der Waals surface area (Å²) in [6.45, 7) is 0. The van der Waals surface area contributed by atoms with Crippen molar-refractivity contribution < 1.29 is 23.4 Å². The molecule has 1 aromatic carbocycles. The molecule has 0 amide bonds. The summed E-state index contributed by atoms with van der Waals surface area (Å²) in [7, 11) is -4.02. The fraction of sp³-hybridized carbons (Fsp3) is 0.100. The first kappa shape index (κ1) is 11.6. The third-order valence-electron chi connectivity index (χ3n) is 2.47. The Hall–Kier alpha value is -1.86. The van der Waals surface area contributed by atoms with Crippen LogP contribution in [-0.4, -0.2) is 30.6 Å². The smallest absolute Gasteiger partial charge is 0.325 e. The standard InChI is InChI=1S/C10H9NO5S/c11-8(10(13)14)7-4-5-2-1-3-6(12)9(5)17(7,15)16/h1-4,8,12H,11H2,(H,13,14). The minimum absolute atomic E-state index is 0.247. The number of carboxylic acids is 1. The summed E-state index contributed by atoms with van der Waals surface area (Å²) >= 11 is 0. The van der Waals surface area contributed by atoms with Crippen LogP contribution in [0.3, 0.4) is 0 Å². The summed E-state index contributed by atoms with van der Waals surface area (Å²) in [5.41, 5.74) is 5.55. The summed E-state index contributed by atoms with van der Waals surface area (Å²) < 4.78 is 24.0. The molecule has 0 aromatic heterocycles. The molecule has 0 saturated carbocycles. The summed E-state index contributed by atoms with van der Waals surface area (Å²) in [5, 5.41) is 18.2. The van der Waals surface area contributed by atoms with Gasteiger partial charge in [0.1, 0.15) is 16.7 Å². The van der Waals surface area contributed by atoms with Crippen molar-refractivity contribution in [2.24, 2.45) is 5.73 Å². The molecular weight excluding hydrogens is 246 g/mol. The molecule has 0 bridgehead atoms. The van der Waals surface area contributed by atoms with Gasteiger partial charge in [-0.05, 0) is 17.7 Å². The lowest BCUT2D eigenvalue weighted by Gasteiger charge is -2.08. The van der Waals surface area contributed by atoms with Gasteiger partial charge in [0.15, 0.2) is 0 Å². The zero-order valence-electron chi connectivity index (χ0n) is 8.49. The van der Waals surface area contributed by atoms with Gasteiger partial charge in [-0.3, -0.25) is 4.79 Å². The fourth-order valence-electron chi connectivity index (χ4n) is 1.68. The van der Waals surface area contributed by atoms with Crippen LogP contribution in [0, 0.1) is 0 Å². The summed E-state index contributed by atoms with van der Waals surface area (Å²) in [6, 6.07) is 2.52. The highest BCUT2D eigenvalue weighted by Gasteiger charge is 2.38. The van der Waals surface area contributed by atoms with Crippen LogP contribution in [0.2, 0.25) is 0 Å². The highest BCUT2D eigenvalue weighted by atomic mass is 32.2. The molecule has 1 unspecified atom stereocenters. The van der Waals surface area contributed by atoms with Crippen molar-refractivity contribution in [3.63, 3.8) is 0 Å². The van der Waals surface area contributed by atoms with Crippen molar-refractivity contribution in [1.82, 2.24) is 0 Å². The molecule has 4 N–H and O–H groups in total. The minimum atomic E-state index is -4.02. The highest BCUT2D eigenvalue weighted by Crippen LogP contribution is 2.39. The Balaban J connectivity index is 2.66. The van der Waals surface area contributed by atoms with Gasteiger partial charge in [-0.25, -0.2) is 8.42 Å². The first-order chi connectivity index (χ1) is 7.85. The van der Waals surface area contributed by atoms with Crippen molar-refractivity contribution in [3.8, 4) is 5.75 Å². The second kappa shape index (κ2) is 3.57. The average molecular weight is 255 g/mol. The second-order valence-corrected chi connectivity index (χ2v) is 5.45. The van der Waals surface area contributed by atoms with Crippen LogP contribution in [0.4, 0.5) is 0 Å². The van der Waals surface area contributed by atoms with Gasteiger partial charge in [0, 0.05) is 0 Å². The molecular formula is C10H9NO5S. The third-order valence-corrected chi connectivity index (χ3v) is 4.45. The van der Waals surface area contributed by atoms with Crippen LogP contribution in [0.15, 0.2) is 28.0 Å². The number of benzene rings is 1. The Morgan fingerprint density at radius 3 is 2.53 bits per heavy atom. The first-order valence-corrected chi connectivity index (χ1v) is 6.11. The van der Waals surface area contributed by atoms with E-state index in [2.05, 4.69) is 0 Å². The number of sulfone groups is 1. The van der Waals surface area contributed by atoms with Crippen LogP contribution in [0.5, 0.6) is 5.75 Å². The minimum Gasteiger partial charge on any atom is -0.507 e. The lowest BCUT2D eigenvalue weighted by atomic mass is 10.1. The van der Waals surface area contributed by atoms with Crippen molar-refractivity contribution in [3.05, 3.63) is 28.7 Å². The lowest BCUT2D eigenvalue weighted by molar-refractivity contribution is -0.137. The van der Waals surface area contributed by atoms with E-state index >= 15 is 0 Å². The molecule has 0 spiro atoms. The van der Waals surface area contributed by atoms with Crippen molar-refractivity contribution in [2.45, 2.75) is 10.9 Å². The summed E-state index contributed by atoms with van der Waals surface area (Å²) in [5.74, 6) is -1.85. The number of carbonyl (C=O) groups is 1. The van der Waals surface area contributed by atoms with Crippen molar-refractivity contribution in [1.29, 1.82) is 0 Å². The Morgan fingerprint density at radius 1 is 1.35 bits per heavy atom. The van der Waals surface area contributed by atoms with Crippen LogP contribution >= 0.6 is 0 Å². The SMILES string of the molecule is NC(C(=O)O)C1=Cc2cccc(O)c2S1(=O)=O. The van der Waals surface area contributed by atoms with Crippen LogP contribution in [0.25, 0.3) is 6.08 Å². The van der Waals surface area contributed by atoms with E-state index in [0.29, 0.717) is 0 Å². The number of phenolic OH excluding ortho intramolecular Hbond substituents is 1. The first-order valence-electron chi connectivity index (χ1n) is 4.62. The number of aromatic hydroxyl groups is 1. The number of hydrogen-bond acceptors (Lipinski definition) is 5. The van der Waals surface area contributed by atoms with Gasteiger partial charge in [-0.1, -0.05) is 12.1 Å². The maximum atomic E-state index is 12.0. The molecule has 1 aromatic rings. The van der Waals surface area contributed by atoms with E-state index in [1.807, 2.05) is 0 Å². The number of fused-ring (bicyclic) bond motifs is 1. The van der Waals surface area contributed by atoms with Gasteiger partial charge in [-0.15, -0.1) is 0 Å². The predicted octanol–water partition coefficient (Wildman–Crippen LogP) is -0.0677. The van der Waals surface area contributed by atoms with Gasteiger partial charge < -0.3 is 15.9 Å². The van der Waals surface area contributed by atoms with Gasteiger partial charge in [-0.2, -0.15) is 0 Å². The highest BCUT2D eigenvalue weighted by molar-refractivity contribution is 7.96. The molecule has 90 valence electrons. The van der Waals surface area contributed by atoms with E-state index < -0.39 is 32.5 Å². The average Bonchev–Trinajstić information content (AvgIpc) is 2.50. The largest absolute Gasteiger partial charge is 0.507 e. The molecule has 1 aliphatic rings. The number of hydrogen-bond donors (Lipinski definition) is 3. The second-order valence-electron chi connectivity index (χ2n) is 3.56. The molecule has 2 rings (SSSR count). The number of aliphatic carboxylic acids is 1. The monoisotopic (exact) mass is 255 g/mol. The normalized spacial score (nSPS) is 18.3. The molecule has 0 fully saturated rings. The molecule has 7 heteroatoms. The van der Waals surface area contributed by atoms with Crippen LogP contribution in [-0.2, 0) is 14.6 Å². The van der Waals surface area contributed by atoms with Crippen molar-refractivity contribution in [2.75, 3.05) is 0 Å². The van der Waals surface area contributed by atoms with Gasteiger partial charge in [0.2, 0.25) is 9.84 Å². The third kappa shape index (κ3) is 1.60.